The first-order valence-corrected chi connectivity index (χ1v) is 6.99. The topological polar surface area (TPSA) is 62.2 Å². The Morgan fingerprint density at radius 2 is 1.89 bits per heavy atom. The highest BCUT2D eigenvalue weighted by atomic mass is 79.9. The van der Waals surface area contributed by atoms with E-state index in [4.69, 9.17) is 5.11 Å². The molecule has 2 aromatic rings. The number of benzene rings is 1. The van der Waals surface area contributed by atoms with Crippen molar-refractivity contribution in [2.24, 2.45) is 0 Å². The molecule has 0 saturated heterocycles. The van der Waals surface area contributed by atoms with E-state index in [1.807, 2.05) is 18.2 Å². The molecule has 0 bridgehead atoms. The molecule has 0 aliphatic rings. The van der Waals surface area contributed by atoms with Gasteiger partial charge in [-0.25, -0.2) is 9.78 Å². The second-order valence-corrected chi connectivity index (χ2v) is 5.62. The molecule has 4 nitrogen and oxygen atoms in total. The van der Waals surface area contributed by atoms with Crippen molar-refractivity contribution in [2.75, 3.05) is 5.32 Å². The van der Waals surface area contributed by atoms with E-state index in [1.165, 1.54) is 12.1 Å². The molecule has 98 valence electrons. The van der Waals surface area contributed by atoms with Crippen LogP contribution in [0.25, 0.3) is 0 Å². The standard InChI is InChI=1S/C13H10Br2N2O2/c1-7-5-8(13(18)19)6-11(16-7)17-12-9(14)3-2-4-10(12)15/h2-6H,1H3,(H,16,17)(H,18,19). The second-order valence-electron chi connectivity index (χ2n) is 3.91. The van der Waals surface area contributed by atoms with E-state index in [0.29, 0.717) is 11.5 Å². The van der Waals surface area contributed by atoms with E-state index in [-0.39, 0.29) is 5.56 Å². The van der Waals surface area contributed by atoms with Crippen LogP contribution in [-0.4, -0.2) is 16.1 Å². The fourth-order valence-electron chi connectivity index (χ4n) is 1.60. The van der Waals surface area contributed by atoms with Crippen LogP contribution >= 0.6 is 31.9 Å². The van der Waals surface area contributed by atoms with E-state index >= 15 is 0 Å². The van der Waals surface area contributed by atoms with Crippen molar-refractivity contribution in [3.63, 3.8) is 0 Å². The number of carboxylic acid groups (broad SMARTS) is 1. The van der Waals surface area contributed by atoms with Gasteiger partial charge in [0.15, 0.2) is 0 Å². The number of rotatable bonds is 3. The zero-order valence-electron chi connectivity index (χ0n) is 9.95. The van der Waals surface area contributed by atoms with Crippen LogP contribution in [0.15, 0.2) is 39.3 Å². The highest BCUT2D eigenvalue weighted by Gasteiger charge is 2.09. The summed E-state index contributed by atoms with van der Waals surface area (Å²) >= 11 is 6.87. The quantitative estimate of drug-likeness (QED) is 0.824. The molecular formula is C13H10Br2N2O2. The number of pyridine rings is 1. The summed E-state index contributed by atoms with van der Waals surface area (Å²) in [6.45, 7) is 1.76. The Bertz CT molecular complexity index is 624. The lowest BCUT2D eigenvalue weighted by atomic mass is 10.2. The summed E-state index contributed by atoms with van der Waals surface area (Å²) < 4.78 is 1.73. The minimum absolute atomic E-state index is 0.207. The van der Waals surface area contributed by atoms with Gasteiger partial charge in [-0.15, -0.1) is 0 Å². The van der Waals surface area contributed by atoms with Crippen LogP contribution in [0.5, 0.6) is 0 Å². The molecule has 0 unspecified atom stereocenters. The SMILES string of the molecule is Cc1cc(C(=O)O)cc(Nc2c(Br)cccc2Br)n1. The van der Waals surface area contributed by atoms with Crippen LogP contribution in [0, 0.1) is 6.92 Å². The maximum Gasteiger partial charge on any atom is 0.335 e. The lowest BCUT2D eigenvalue weighted by Crippen LogP contribution is -2.02. The van der Waals surface area contributed by atoms with Gasteiger partial charge in [-0.05, 0) is 63.0 Å². The first-order valence-electron chi connectivity index (χ1n) is 5.40. The van der Waals surface area contributed by atoms with Gasteiger partial charge in [0.2, 0.25) is 0 Å². The third-order valence-electron chi connectivity index (χ3n) is 2.42. The van der Waals surface area contributed by atoms with Gasteiger partial charge in [0.05, 0.1) is 11.3 Å². The molecule has 0 saturated carbocycles. The Balaban J connectivity index is 2.41. The average molecular weight is 386 g/mol. The summed E-state index contributed by atoms with van der Waals surface area (Å²) in [4.78, 5) is 15.3. The van der Waals surface area contributed by atoms with Gasteiger partial charge in [-0.3, -0.25) is 0 Å². The maximum atomic E-state index is 11.0. The highest BCUT2D eigenvalue weighted by molar-refractivity contribution is 9.11. The van der Waals surface area contributed by atoms with Crippen molar-refractivity contribution >= 4 is 49.3 Å². The summed E-state index contributed by atoms with van der Waals surface area (Å²) in [6.07, 6.45) is 0. The van der Waals surface area contributed by atoms with Crippen molar-refractivity contribution < 1.29 is 9.90 Å². The van der Waals surface area contributed by atoms with Crippen LogP contribution in [-0.2, 0) is 0 Å². The minimum Gasteiger partial charge on any atom is -0.478 e. The maximum absolute atomic E-state index is 11.0. The molecule has 0 aliphatic carbocycles. The third-order valence-corrected chi connectivity index (χ3v) is 3.74. The Labute approximate surface area is 127 Å². The lowest BCUT2D eigenvalue weighted by molar-refractivity contribution is 0.0696. The molecule has 2 rings (SSSR count). The summed E-state index contributed by atoms with van der Waals surface area (Å²) in [5, 5.41) is 12.1. The number of nitrogens with one attached hydrogen (secondary N) is 1. The van der Waals surface area contributed by atoms with Gasteiger partial charge in [-0.2, -0.15) is 0 Å². The third kappa shape index (κ3) is 3.33. The zero-order chi connectivity index (χ0) is 14.0. The smallest absolute Gasteiger partial charge is 0.335 e. The number of anilines is 2. The first-order chi connectivity index (χ1) is 8.97. The summed E-state index contributed by atoms with van der Waals surface area (Å²) in [5.41, 5.74) is 1.65. The molecule has 1 aromatic carbocycles. The van der Waals surface area contributed by atoms with Crippen LogP contribution in [0.2, 0.25) is 0 Å². The van der Waals surface area contributed by atoms with Crippen LogP contribution in [0.4, 0.5) is 11.5 Å². The van der Waals surface area contributed by atoms with Crippen molar-refractivity contribution in [3.05, 3.63) is 50.5 Å². The Morgan fingerprint density at radius 1 is 1.26 bits per heavy atom. The Morgan fingerprint density at radius 3 is 2.47 bits per heavy atom. The Kier molecular flexibility index (Phi) is 4.21. The first kappa shape index (κ1) is 14.0. The van der Waals surface area contributed by atoms with E-state index in [1.54, 1.807) is 6.92 Å². The molecule has 2 N–H and O–H groups in total. The molecule has 0 spiro atoms. The summed E-state index contributed by atoms with van der Waals surface area (Å²) in [6, 6.07) is 8.71. The molecular weight excluding hydrogens is 376 g/mol. The predicted molar refractivity (Wildman–Crippen MR) is 81.1 cm³/mol. The largest absolute Gasteiger partial charge is 0.478 e. The molecule has 19 heavy (non-hydrogen) atoms. The number of aromatic nitrogens is 1. The molecule has 1 aromatic heterocycles. The van der Waals surface area contributed by atoms with Crippen LogP contribution in [0.1, 0.15) is 16.1 Å². The number of nitrogens with zero attached hydrogens (tertiary/aromatic N) is 1. The second kappa shape index (κ2) is 5.71. The Hall–Kier alpha value is -1.40. The van der Waals surface area contributed by atoms with E-state index < -0.39 is 5.97 Å². The number of hydrogen-bond acceptors (Lipinski definition) is 3. The van der Waals surface area contributed by atoms with E-state index in [9.17, 15) is 4.79 Å². The number of carboxylic acids is 1. The summed E-state index contributed by atoms with van der Waals surface area (Å²) in [5.74, 6) is -0.482. The number of carbonyl (C=O) groups is 1. The molecule has 1 heterocycles. The van der Waals surface area contributed by atoms with Gasteiger partial charge >= 0.3 is 5.97 Å². The average Bonchev–Trinajstić information content (AvgIpc) is 2.33. The monoisotopic (exact) mass is 384 g/mol. The number of hydrogen-bond donors (Lipinski definition) is 2. The lowest BCUT2D eigenvalue weighted by Gasteiger charge is -2.11. The summed E-state index contributed by atoms with van der Waals surface area (Å²) in [7, 11) is 0. The van der Waals surface area contributed by atoms with Gasteiger partial charge in [-0.1, -0.05) is 6.07 Å². The van der Waals surface area contributed by atoms with Crippen LogP contribution < -0.4 is 5.32 Å². The highest BCUT2D eigenvalue weighted by Crippen LogP contribution is 2.32. The van der Waals surface area contributed by atoms with Crippen molar-refractivity contribution in [1.82, 2.24) is 4.98 Å². The molecule has 0 atom stereocenters. The van der Waals surface area contributed by atoms with Gasteiger partial charge < -0.3 is 10.4 Å². The minimum atomic E-state index is -0.972. The molecule has 0 radical (unpaired) electrons. The molecule has 0 fully saturated rings. The fraction of sp³-hybridized carbons (Fsp3) is 0.0769. The normalized spacial score (nSPS) is 10.3. The number of halogens is 2. The van der Waals surface area contributed by atoms with Gasteiger partial charge in [0.1, 0.15) is 5.82 Å². The molecule has 0 amide bonds. The van der Waals surface area contributed by atoms with Crippen LogP contribution in [0.3, 0.4) is 0 Å². The zero-order valence-corrected chi connectivity index (χ0v) is 13.1. The van der Waals surface area contributed by atoms with Crippen molar-refractivity contribution in [2.45, 2.75) is 6.92 Å². The number of aryl methyl sites for hydroxylation is 1. The molecule has 0 aliphatic heterocycles. The number of para-hydroxylation sites is 1. The van der Waals surface area contributed by atoms with E-state index in [0.717, 1.165) is 14.6 Å². The van der Waals surface area contributed by atoms with Crippen molar-refractivity contribution in [3.8, 4) is 0 Å². The van der Waals surface area contributed by atoms with Gasteiger partial charge in [0.25, 0.3) is 0 Å². The van der Waals surface area contributed by atoms with Crippen molar-refractivity contribution in [1.29, 1.82) is 0 Å². The fourth-order valence-corrected chi connectivity index (χ4v) is 2.80. The van der Waals surface area contributed by atoms with E-state index in [2.05, 4.69) is 42.2 Å². The van der Waals surface area contributed by atoms with Gasteiger partial charge in [0, 0.05) is 14.6 Å². The predicted octanol–water partition coefficient (Wildman–Crippen LogP) is 4.36. The molecule has 6 heteroatoms. The number of aromatic carboxylic acids is 1.